The second-order valence-electron chi connectivity index (χ2n) is 13.0. The van der Waals surface area contributed by atoms with Crippen LogP contribution < -0.4 is 0 Å². The van der Waals surface area contributed by atoms with Crippen LogP contribution in [0, 0.1) is 24.7 Å². The third-order valence-electron chi connectivity index (χ3n) is 8.91. The first-order valence-corrected chi connectivity index (χ1v) is 25.8. The summed E-state index contributed by atoms with van der Waals surface area (Å²) < 4.78 is 8.57. The van der Waals surface area contributed by atoms with E-state index in [-0.39, 0.29) is 0 Å². The summed E-state index contributed by atoms with van der Waals surface area (Å²) >= 11 is 16.7. The second-order valence-corrected chi connectivity index (χ2v) is 24.0. The van der Waals surface area contributed by atoms with Gasteiger partial charge in [-0.15, -0.1) is 11.6 Å². The van der Waals surface area contributed by atoms with Gasteiger partial charge in [0.1, 0.15) is 0 Å². The molecular weight excluding hydrogens is 1020 g/mol. The van der Waals surface area contributed by atoms with Gasteiger partial charge < -0.3 is 9.13 Å². The Hall–Kier alpha value is -0.265. The van der Waals surface area contributed by atoms with Crippen molar-refractivity contribution in [3.05, 3.63) is 116 Å². The Morgan fingerprint density at radius 1 is 0.816 bits per heavy atom. The molecule has 9 rings (SSSR count). The Morgan fingerprint density at radius 2 is 1.37 bits per heavy atom. The molecule has 0 amide bonds. The zero-order chi connectivity index (χ0) is 34.8. The van der Waals surface area contributed by atoms with Crippen molar-refractivity contribution in [2.45, 2.75) is 65.0 Å². The molecular formula is C38H42BBr2ClI2N3PS. The standard InChI is InChI=1S/C13H15N.C12H12BrN.C9H7Br.C4H7Cl.BHI2NPS/c1-10-3-2-4-13-12(10)7-8-14(13)9-11-5-6-11;13-11-2-1-3-12-10(11)6-7-14(12)8-9-4-5-9;10-9-6-2-4-7-3-1-5-8(7)9;5-3-4-1-2-4;2-1-6-5(3)4/h2-4,7-8,11H,5-6,9H2,1H3;1-3,6-7,9H,4-5,8H2;1-2,4-6H,3H2;4H,1-3H2;4H. The number of rotatable bonds is 5. The van der Waals surface area contributed by atoms with E-state index in [1.807, 2.05) is 4.01 Å². The number of fused-ring (bicyclic) bond motifs is 3. The molecule has 0 saturated heterocycles. The van der Waals surface area contributed by atoms with Crippen LogP contribution in [0.15, 0.2) is 94.1 Å². The monoisotopic (exact) mass is 1060 g/mol. The Bertz CT molecular complexity index is 1850. The third-order valence-corrected chi connectivity index (χ3v) is 15.9. The Labute approximate surface area is 344 Å². The van der Waals surface area contributed by atoms with Gasteiger partial charge >= 0.3 is 68.8 Å². The van der Waals surface area contributed by atoms with E-state index in [1.54, 1.807) is 10.4 Å². The molecule has 0 spiro atoms. The van der Waals surface area contributed by atoms with E-state index < -0.39 is 4.49 Å². The van der Waals surface area contributed by atoms with Crippen molar-refractivity contribution in [2.24, 2.45) is 17.8 Å². The maximum absolute atomic E-state index is 6.96. The molecule has 2 heterocycles. The number of halogens is 5. The summed E-state index contributed by atoms with van der Waals surface area (Å²) in [4.78, 5) is 0. The van der Waals surface area contributed by atoms with Gasteiger partial charge in [0.15, 0.2) is 0 Å². The van der Waals surface area contributed by atoms with Crippen LogP contribution in [0.4, 0.5) is 0 Å². The normalized spacial score (nSPS) is 15.7. The molecule has 0 bridgehead atoms. The number of hydrogen-bond acceptors (Lipinski definition) is 0. The predicted molar refractivity (Wildman–Crippen MR) is 244 cm³/mol. The van der Waals surface area contributed by atoms with Crippen LogP contribution >= 0.6 is 92.4 Å². The molecule has 1 N–H and O–H groups in total. The van der Waals surface area contributed by atoms with Crippen molar-refractivity contribution in [1.82, 2.24) is 9.13 Å². The molecule has 3 fully saturated rings. The number of aryl methyl sites for hydroxylation is 1. The summed E-state index contributed by atoms with van der Waals surface area (Å²) in [5.41, 5.74) is 13.9. The first-order valence-electron chi connectivity index (χ1n) is 16.8. The number of hydrogen-bond donors (Lipinski definition) is 0. The SMILES string of the molecule is Brc1cccc2c1C=CC2.Brc1cccc2c1ccn2CC1CC1.Cc1cccc2c1ccn2CC1CC1.ClCC1CC1.[NH-][P+](I)=S=BI. The zero-order valence-corrected chi connectivity index (χ0v) is 37.6. The van der Waals surface area contributed by atoms with Crippen LogP contribution in [0.3, 0.4) is 0 Å². The first kappa shape index (κ1) is 39.9. The number of alkyl halides is 1. The second kappa shape index (κ2) is 20.3. The number of allylic oxidation sites excluding steroid dienone is 1. The summed E-state index contributed by atoms with van der Waals surface area (Å²) in [5, 5.41) is 2.74. The van der Waals surface area contributed by atoms with Crippen LogP contribution in [0.2, 0.25) is 0 Å². The summed E-state index contributed by atoms with van der Waals surface area (Å²) in [6, 6.07) is 23.7. The van der Waals surface area contributed by atoms with Gasteiger partial charge in [-0.1, -0.05) is 74.3 Å². The van der Waals surface area contributed by atoms with Crippen molar-refractivity contribution in [1.29, 1.82) is 0 Å². The molecule has 3 aromatic carbocycles. The van der Waals surface area contributed by atoms with Crippen molar-refractivity contribution in [2.75, 3.05) is 5.88 Å². The predicted octanol–water partition coefficient (Wildman–Crippen LogP) is 14.6. The van der Waals surface area contributed by atoms with Crippen LogP contribution in [0.25, 0.3) is 33.4 Å². The maximum atomic E-state index is 6.96. The van der Waals surface area contributed by atoms with Crippen LogP contribution in [-0.2, 0) is 29.9 Å². The Morgan fingerprint density at radius 3 is 1.88 bits per heavy atom. The van der Waals surface area contributed by atoms with Gasteiger partial charge in [-0.3, -0.25) is 0 Å². The first-order chi connectivity index (χ1) is 23.8. The summed E-state index contributed by atoms with van der Waals surface area (Å²) in [7, 11) is 1.57. The fourth-order valence-corrected chi connectivity index (χ4v) is 14.2. The van der Waals surface area contributed by atoms with E-state index in [1.165, 1.54) is 99.1 Å². The Kier molecular flexibility index (Phi) is 16.5. The van der Waals surface area contributed by atoms with Crippen molar-refractivity contribution in [3.8, 4) is 0 Å². The average molecular weight is 1060 g/mol. The van der Waals surface area contributed by atoms with E-state index in [0.717, 1.165) is 30.1 Å². The number of aromatic nitrogens is 2. The molecule has 3 nitrogen and oxygen atoms in total. The molecule has 49 heavy (non-hydrogen) atoms. The van der Waals surface area contributed by atoms with Crippen LogP contribution in [0.5, 0.6) is 0 Å². The molecule has 4 aliphatic rings. The van der Waals surface area contributed by atoms with Gasteiger partial charge in [0.2, 0.25) is 0 Å². The molecule has 0 radical (unpaired) electrons. The molecule has 11 heteroatoms. The van der Waals surface area contributed by atoms with Crippen LogP contribution in [-0.4, -0.2) is 19.0 Å². The fraction of sp³-hybridized carbons (Fsp3) is 0.368. The summed E-state index contributed by atoms with van der Waals surface area (Å²) in [5.74, 6) is 3.67. The minimum atomic E-state index is -0.527. The van der Waals surface area contributed by atoms with Gasteiger partial charge in [0, 0.05) is 62.1 Å². The van der Waals surface area contributed by atoms with Gasteiger partial charge in [-0.05, 0) is 123 Å². The zero-order valence-electron chi connectivity index (χ0n) is 27.7. The van der Waals surface area contributed by atoms with E-state index in [2.05, 4.69) is 184 Å². The van der Waals surface area contributed by atoms with E-state index in [4.69, 9.17) is 17.1 Å². The van der Waals surface area contributed by atoms with Gasteiger partial charge in [0.05, 0.1) is 0 Å². The van der Waals surface area contributed by atoms with Gasteiger partial charge in [-0.2, -0.15) is 0 Å². The van der Waals surface area contributed by atoms with Gasteiger partial charge in [-0.25, -0.2) is 0 Å². The Balaban J connectivity index is 0.000000126. The molecule has 3 saturated carbocycles. The minimum absolute atomic E-state index is 0.527. The van der Waals surface area contributed by atoms with Crippen molar-refractivity contribution >= 4 is 135 Å². The average Bonchev–Trinajstić information content (AvgIpc) is 4.05. The van der Waals surface area contributed by atoms with E-state index in [0.29, 0.717) is 0 Å². The van der Waals surface area contributed by atoms with Crippen molar-refractivity contribution in [3.63, 3.8) is 0 Å². The molecule has 5 aromatic rings. The topological polar surface area (TPSA) is 33.7 Å². The molecule has 1 unspecified atom stereocenters. The molecule has 1 atom stereocenters. The molecule has 2 aromatic heterocycles. The van der Waals surface area contributed by atoms with E-state index in [9.17, 15) is 0 Å². The van der Waals surface area contributed by atoms with Crippen LogP contribution in [0.1, 0.15) is 55.2 Å². The summed E-state index contributed by atoms with van der Waals surface area (Å²) in [6.45, 7) is 4.59. The van der Waals surface area contributed by atoms with Crippen molar-refractivity contribution < 1.29 is 0 Å². The number of nitrogens with zero attached hydrogens (tertiary/aromatic N) is 2. The number of nitrogens with one attached hydrogen (secondary N) is 1. The molecule has 0 aliphatic heterocycles. The van der Waals surface area contributed by atoms with E-state index >= 15 is 0 Å². The molecule has 4 aliphatic carbocycles. The quantitative estimate of drug-likeness (QED) is 0.0728. The third kappa shape index (κ3) is 13.0. The molecule has 258 valence electrons. The fourth-order valence-electron chi connectivity index (χ4n) is 5.60. The summed E-state index contributed by atoms with van der Waals surface area (Å²) in [6.07, 6.45) is 18.3. The van der Waals surface area contributed by atoms with Gasteiger partial charge in [0.25, 0.3) is 0 Å². The number of benzene rings is 3.